The van der Waals surface area contributed by atoms with Gasteiger partial charge in [-0.25, -0.2) is 0 Å². The molecule has 0 amide bonds. The van der Waals surface area contributed by atoms with E-state index < -0.39 is 0 Å². The molecule has 2 aliphatic carbocycles. The Balaban J connectivity index is 1.38. The first-order valence-electron chi connectivity index (χ1n) is 10.1. The van der Waals surface area contributed by atoms with Crippen molar-refractivity contribution in [2.75, 3.05) is 13.1 Å². The Kier molecular flexibility index (Phi) is 4.75. The summed E-state index contributed by atoms with van der Waals surface area (Å²) in [5.74, 6) is 1.93. The average Bonchev–Trinajstić information content (AvgIpc) is 3.33. The topological polar surface area (TPSA) is 21.1 Å². The van der Waals surface area contributed by atoms with Crippen LogP contribution in [0, 0.1) is 11.8 Å². The number of fused-ring (bicyclic) bond motifs is 1. The number of hydrogen-bond acceptors (Lipinski definition) is 2. The Morgan fingerprint density at radius 1 is 1.04 bits per heavy atom. The fourth-order valence-electron chi connectivity index (χ4n) is 4.66. The molecule has 2 heterocycles. The van der Waals surface area contributed by atoms with Crippen LogP contribution in [0.25, 0.3) is 0 Å². The van der Waals surface area contributed by atoms with Crippen molar-refractivity contribution in [1.82, 2.24) is 14.7 Å². The first-order chi connectivity index (χ1) is 11.3. The molecule has 0 atom stereocenters. The van der Waals surface area contributed by atoms with Gasteiger partial charge in [0.05, 0.1) is 5.69 Å². The highest BCUT2D eigenvalue weighted by molar-refractivity contribution is 5.29. The highest BCUT2D eigenvalue weighted by Gasteiger charge is 2.28. The molecule has 3 nitrogen and oxygen atoms in total. The molecule has 1 aromatic heterocycles. The summed E-state index contributed by atoms with van der Waals surface area (Å²) in [4.78, 5) is 2.71. The molecule has 1 aliphatic heterocycles. The minimum Gasteiger partial charge on any atom is -0.299 e. The summed E-state index contributed by atoms with van der Waals surface area (Å²) >= 11 is 0. The number of aromatic nitrogens is 2. The van der Waals surface area contributed by atoms with Crippen LogP contribution < -0.4 is 0 Å². The second-order valence-corrected chi connectivity index (χ2v) is 8.17. The van der Waals surface area contributed by atoms with Crippen molar-refractivity contribution >= 4 is 0 Å². The number of rotatable bonds is 6. The molecule has 0 radical (unpaired) electrons. The molecule has 2 fully saturated rings. The molecule has 0 saturated heterocycles. The van der Waals surface area contributed by atoms with Crippen LogP contribution in [-0.2, 0) is 25.9 Å². The Hall–Kier alpha value is -0.830. The van der Waals surface area contributed by atoms with Gasteiger partial charge in [-0.05, 0) is 44.1 Å². The van der Waals surface area contributed by atoms with Gasteiger partial charge in [-0.3, -0.25) is 9.58 Å². The van der Waals surface area contributed by atoms with Gasteiger partial charge in [0, 0.05) is 37.3 Å². The van der Waals surface area contributed by atoms with Gasteiger partial charge >= 0.3 is 0 Å². The van der Waals surface area contributed by atoms with Crippen molar-refractivity contribution in [3.8, 4) is 0 Å². The van der Waals surface area contributed by atoms with E-state index in [1.54, 1.807) is 5.56 Å². The molecule has 2 saturated carbocycles. The van der Waals surface area contributed by atoms with Crippen LogP contribution in [0.1, 0.15) is 75.2 Å². The predicted molar refractivity (Wildman–Crippen MR) is 94.5 cm³/mol. The monoisotopic (exact) mass is 315 g/mol. The fraction of sp³-hybridized carbons (Fsp3) is 0.850. The predicted octanol–water partition coefficient (Wildman–Crippen LogP) is 4.18. The van der Waals surface area contributed by atoms with Gasteiger partial charge in [0.15, 0.2) is 0 Å². The van der Waals surface area contributed by atoms with Crippen molar-refractivity contribution in [3.63, 3.8) is 0 Å². The largest absolute Gasteiger partial charge is 0.299 e. The standard InChI is InChI=1S/C20H33N3/c1-2-20-18-15-22(12-10-16-6-4-3-5-7-16)13-11-19(18)21-23(20)14-17-8-9-17/h16-17H,2-15H2,1H3. The van der Waals surface area contributed by atoms with Crippen molar-refractivity contribution in [2.24, 2.45) is 11.8 Å². The zero-order valence-corrected chi connectivity index (χ0v) is 14.9. The third kappa shape index (κ3) is 3.65. The van der Waals surface area contributed by atoms with Gasteiger partial charge in [0.2, 0.25) is 0 Å². The molecule has 0 N–H and O–H groups in total. The van der Waals surface area contributed by atoms with Gasteiger partial charge in [0.25, 0.3) is 0 Å². The molecule has 0 unspecified atom stereocenters. The normalized spacial score (nSPS) is 23.2. The van der Waals surface area contributed by atoms with E-state index in [4.69, 9.17) is 5.10 Å². The van der Waals surface area contributed by atoms with Gasteiger partial charge < -0.3 is 0 Å². The van der Waals surface area contributed by atoms with E-state index in [2.05, 4.69) is 16.5 Å². The summed E-state index contributed by atoms with van der Waals surface area (Å²) in [5.41, 5.74) is 4.54. The van der Waals surface area contributed by atoms with Gasteiger partial charge in [0.1, 0.15) is 0 Å². The van der Waals surface area contributed by atoms with Crippen LogP contribution in [0.2, 0.25) is 0 Å². The smallest absolute Gasteiger partial charge is 0.0685 e. The minimum absolute atomic E-state index is 0.920. The lowest BCUT2D eigenvalue weighted by atomic mass is 9.87. The number of hydrogen-bond donors (Lipinski definition) is 0. The maximum atomic E-state index is 4.98. The molecule has 23 heavy (non-hydrogen) atoms. The first-order valence-corrected chi connectivity index (χ1v) is 10.1. The van der Waals surface area contributed by atoms with E-state index in [9.17, 15) is 0 Å². The highest BCUT2D eigenvalue weighted by Crippen LogP contribution is 2.33. The maximum absolute atomic E-state index is 4.98. The van der Waals surface area contributed by atoms with Crippen LogP contribution >= 0.6 is 0 Å². The Morgan fingerprint density at radius 2 is 1.87 bits per heavy atom. The molecule has 3 aliphatic rings. The zero-order chi connectivity index (χ0) is 15.6. The summed E-state index contributed by atoms with van der Waals surface area (Å²) in [6.45, 7) is 7.18. The van der Waals surface area contributed by atoms with E-state index in [0.29, 0.717) is 0 Å². The van der Waals surface area contributed by atoms with Crippen LogP contribution in [0.3, 0.4) is 0 Å². The minimum atomic E-state index is 0.920. The summed E-state index contributed by atoms with van der Waals surface area (Å²) in [6.07, 6.45) is 14.0. The van der Waals surface area contributed by atoms with E-state index >= 15 is 0 Å². The molecule has 0 bridgehead atoms. The second kappa shape index (κ2) is 6.96. The Labute approximate surface area is 141 Å². The first kappa shape index (κ1) is 15.7. The third-order valence-electron chi connectivity index (χ3n) is 6.34. The Bertz CT molecular complexity index is 523. The number of nitrogens with zero attached hydrogens (tertiary/aromatic N) is 3. The van der Waals surface area contributed by atoms with E-state index in [1.165, 1.54) is 88.8 Å². The molecule has 0 aromatic carbocycles. The molecule has 0 spiro atoms. The van der Waals surface area contributed by atoms with Crippen molar-refractivity contribution in [3.05, 3.63) is 17.0 Å². The van der Waals surface area contributed by atoms with Crippen molar-refractivity contribution < 1.29 is 0 Å². The summed E-state index contributed by atoms with van der Waals surface area (Å²) in [5, 5.41) is 4.98. The van der Waals surface area contributed by atoms with Crippen LogP contribution in [-0.4, -0.2) is 27.8 Å². The molecule has 128 valence electrons. The van der Waals surface area contributed by atoms with Crippen molar-refractivity contribution in [2.45, 2.75) is 84.2 Å². The molecule has 4 rings (SSSR count). The van der Waals surface area contributed by atoms with Crippen LogP contribution in [0.4, 0.5) is 0 Å². The molecule has 1 aromatic rings. The lowest BCUT2D eigenvalue weighted by molar-refractivity contribution is 0.216. The highest BCUT2D eigenvalue weighted by atomic mass is 15.3. The van der Waals surface area contributed by atoms with Crippen LogP contribution in [0.5, 0.6) is 0 Å². The fourth-order valence-corrected chi connectivity index (χ4v) is 4.66. The molecule has 3 heteroatoms. The maximum Gasteiger partial charge on any atom is 0.0685 e. The Morgan fingerprint density at radius 3 is 2.61 bits per heavy atom. The second-order valence-electron chi connectivity index (χ2n) is 8.17. The molecular formula is C20H33N3. The third-order valence-corrected chi connectivity index (χ3v) is 6.34. The quantitative estimate of drug-likeness (QED) is 0.785. The summed E-state index contributed by atoms with van der Waals surface area (Å²) in [7, 11) is 0. The van der Waals surface area contributed by atoms with Crippen LogP contribution in [0.15, 0.2) is 0 Å². The van der Waals surface area contributed by atoms with Gasteiger partial charge in [-0.1, -0.05) is 39.0 Å². The molecular weight excluding hydrogens is 282 g/mol. The van der Waals surface area contributed by atoms with E-state index in [1.807, 2.05) is 0 Å². The van der Waals surface area contributed by atoms with E-state index in [-0.39, 0.29) is 0 Å². The van der Waals surface area contributed by atoms with E-state index in [0.717, 1.165) is 24.8 Å². The summed E-state index contributed by atoms with van der Waals surface area (Å²) in [6, 6.07) is 0. The lowest BCUT2D eigenvalue weighted by Crippen LogP contribution is -2.32. The average molecular weight is 316 g/mol. The lowest BCUT2D eigenvalue weighted by Gasteiger charge is -2.29. The van der Waals surface area contributed by atoms with Crippen molar-refractivity contribution in [1.29, 1.82) is 0 Å². The summed E-state index contributed by atoms with van der Waals surface area (Å²) < 4.78 is 2.37. The zero-order valence-electron chi connectivity index (χ0n) is 14.9. The SMILES string of the molecule is CCc1c2c(nn1CC1CC1)CCN(CCC1CCCCC1)C2. The van der Waals surface area contributed by atoms with Gasteiger partial charge in [-0.2, -0.15) is 5.10 Å². The van der Waals surface area contributed by atoms with Gasteiger partial charge in [-0.15, -0.1) is 0 Å².